The van der Waals surface area contributed by atoms with Crippen molar-refractivity contribution in [3.8, 4) is 5.75 Å². The van der Waals surface area contributed by atoms with Crippen molar-refractivity contribution in [3.05, 3.63) is 42.2 Å². The quantitative estimate of drug-likeness (QED) is 0.606. The molecule has 2 rings (SSSR count). The van der Waals surface area contributed by atoms with Crippen LogP contribution in [0.5, 0.6) is 5.75 Å². The molecule has 1 N–H and O–H groups in total. The predicted octanol–water partition coefficient (Wildman–Crippen LogP) is 3.71. The van der Waals surface area contributed by atoms with Crippen molar-refractivity contribution in [2.24, 2.45) is 5.41 Å². The van der Waals surface area contributed by atoms with E-state index in [0.29, 0.717) is 0 Å². The lowest BCUT2D eigenvalue weighted by atomic mass is 9.83. The monoisotopic (exact) mass is 277 g/mol. The molecule has 0 spiro atoms. The number of fused-ring (bicyclic) bond motifs is 1. The first-order valence-electron chi connectivity index (χ1n) is 7.36. The summed E-state index contributed by atoms with van der Waals surface area (Å²) in [6.07, 6.45) is 4.91. The summed E-state index contributed by atoms with van der Waals surface area (Å²) in [5.74, 6) is 0.633. The molecule has 0 saturated heterocycles. The van der Waals surface area contributed by atoms with Gasteiger partial charge in [-0.2, -0.15) is 0 Å². The van der Waals surface area contributed by atoms with E-state index in [4.69, 9.17) is 4.74 Å². The molecule has 1 aromatic carbocycles. The summed E-state index contributed by atoms with van der Waals surface area (Å²) < 4.78 is 19.1. The molecule has 1 heterocycles. The van der Waals surface area contributed by atoms with Gasteiger partial charge in [-0.15, -0.1) is 6.58 Å². The summed E-state index contributed by atoms with van der Waals surface area (Å²) in [6.45, 7) is 10.2. The van der Waals surface area contributed by atoms with E-state index in [1.165, 1.54) is 6.07 Å². The molecule has 1 aliphatic rings. The third-order valence-electron chi connectivity index (χ3n) is 3.91. The second kappa shape index (κ2) is 6.40. The van der Waals surface area contributed by atoms with Crippen LogP contribution in [0, 0.1) is 11.2 Å². The van der Waals surface area contributed by atoms with Gasteiger partial charge in [-0.25, -0.2) is 4.39 Å². The van der Waals surface area contributed by atoms with Crippen LogP contribution in [0.1, 0.15) is 32.3 Å². The molecule has 0 radical (unpaired) electrons. The van der Waals surface area contributed by atoms with Crippen LogP contribution in [0.2, 0.25) is 0 Å². The Kier molecular flexibility index (Phi) is 4.81. The van der Waals surface area contributed by atoms with Crippen molar-refractivity contribution in [3.63, 3.8) is 0 Å². The largest absolute Gasteiger partial charge is 0.490 e. The number of nitrogens with one attached hydrogen (secondary N) is 1. The summed E-state index contributed by atoms with van der Waals surface area (Å²) in [4.78, 5) is 0. The highest BCUT2D eigenvalue weighted by atomic mass is 19.1. The van der Waals surface area contributed by atoms with E-state index in [1.54, 1.807) is 12.1 Å². The molecule has 0 fully saturated rings. The molecular formula is C17H24FNO. The molecule has 0 bridgehead atoms. The van der Waals surface area contributed by atoms with Gasteiger partial charge in [0.25, 0.3) is 0 Å². The number of rotatable bonds is 7. The molecule has 110 valence electrons. The van der Waals surface area contributed by atoms with Gasteiger partial charge in [0.15, 0.2) is 0 Å². The minimum atomic E-state index is -0.191. The van der Waals surface area contributed by atoms with Crippen LogP contribution >= 0.6 is 0 Å². The van der Waals surface area contributed by atoms with Crippen molar-refractivity contribution < 1.29 is 9.13 Å². The minimum Gasteiger partial charge on any atom is -0.490 e. The standard InChI is InChI=1S/C17H24FNO/c1-4-8-19-12-17(3,5-2)11-15-10-13-9-14(18)6-7-16(13)20-15/h5-7,9,15,19H,2,4,8,10-12H2,1,3H3. The molecule has 3 heteroatoms. The molecule has 0 amide bonds. The van der Waals surface area contributed by atoms with Crippen molar-refractivity contribution in [2.45, 2.75) is 39.2 Å². The van der Waals surface area contributed by atoms with Crippen molar-refractivity contribution >= 4 is 0 Å². The fourth-order valence-corrected chi connectivity index (χ4v) is 2.70. The van der Waals surface area contributed by atoms with E-state index in [-0.39, 0.29) is 17.3 Å². The SMILES string of the molecule is C=CC(C)(CNCCC)CC1Cc2cc(F)ccc2O1. The average Bonchev–Trinajstić information content (AvgIpc) is 2.80. The Morgan fingerprint density at radius 2 is 2.35 bits per heavy atom. The zero-order chi connectivity index (χ0) is 14.6. The van der Waals surface area contributed by atoms with Crippen LogP contribution in [-0.2, 0) is 6.42 Å². The predicted molar refractivity (Wildman–Crippen MR) is 80.6 cm³/mol. The maximum atomic E-state index is 13.2. The van der Waals surface area contributed by atoms with Gasteiger partial charge in [0.2, 0.25) is 0 Å². The molecule has 1 aliphatic heterocycles. The summed E-state index contributed by atoms with van der Waals surface area (Å²) in [5.41, 5.74) is 0.975. The van der Waals surface area contributed by atoms with E-state index in [9.17, 15) is 4.39 Å². The third kappa shape index (κ3) is 3.60. The van der Waals surface area contributed by atoms with Crippen LogP contribution in [-0.4, -0.2) is 19.2 Å². The van der Waals surface area contributed by atoms with E-state index >= 15 is 0 Å². The second-order valence-corrected chi connectivity index (χ2v) is 5.94. The van der Waals surface area contributed by atoms with Gasteiger partial charge in [0.1, 0.15) is 17.7 Å². The molecule has 0 aliphatic carbocycles. The number of ether oxygens (including phenoxy) is 1. The molecular weight excluding hydrogens is 253 g/mol. The lowest BCUT2D eigenvalue weighted by Gasteiger charge is -2.29. The minimum absolute atomic E-state index is 0.000421. The first-order valence-corrected chi connectivity index (χ1v) is 7.36. The lowest BCUT2D eigenvalue weighted by Crippen LogP contribution is -2.35. The Balaban J connectivity index is 1.95. The van der Waals surface area contributed by atoms with Crippen LogP contribution in [0.3, 0.4) is 0 Å². The molecule has 2 atom stereocenters. The number of hydrogen-bond donors (Lipinski definition) is 1. The Morgan fingerprint density at radius 1 is 1.55 bits per heavy atom. The van der Waals surface area contributed by atoms with Crippen LogP contribution < -0.4 is 10.1 Å². The van der Waals surface area contributed by atoms with E-state index < -0.39 is 0 Å². The second-order valence-electron chi connectivity index (χ2n) is 5.94. The summed E-state index contributed by atoms with van der Waals surface area (Å²) in [6, 6.07) is 4.76. The van der Waals surface area contributed by atoms with Gasteiger partial charge in [0.05, 0.1) is 0 Å². The van der Waals surface area contributed by atoms with Crippen molar-refractivity contribution in [2.75, 3.05) is 13.1 Å². The fraction of sp³-hybridized carbons (Fsp3) is 0.529. The van der Waals surface area contributed by atoms with Gasteiger partial charge >= 0.3 is 0 Å². The Morgan fingerprint density at radius 3 is 3.05 bits per heavy atom. The van der Waals surface area contributed by atoms with Crippen LogP contribution in [0.25, 0.3) is 0 Å². The highest BCUT2D eigenvalue weighted by molar-refractivity contribution is 5.38. The van der Waals surface area contributed by atoms with Crippen molar-refractivity contribution in [1.82, 2.24) is 5.32 Å². The van der Waals surface area contributed by atoms with Crippen LogP contribution in [0.15, 0.2) is 30.9 Å². The Labute approximate surface area is 121 Å². The maximum Gasteiger partial charge on any atom is 0.123 e. The number of halogens is 1. The lowest BCUT2D eigenvalue weighted by molar-refractivity contribution is 0.170. The highest BCUT2D eigenvalue weighted by Gasteiger charge is 2.30. The molecule has 1 aromatic rings. The van der Waals surface area contributed by atoms with E-state index in [0.717, 1.165) is 43.7 Å². The molecule has 2 nitrogen and oxygen atoms in total. The number of hydrogen-bond acceptors (Lipinski definition) is 2. The Hall–Kier alpha value is -1.35. The highest BCUT2D eigenvalue weighted by Crippen LogP contribution is 2.35. The molecule has 0 saturated carbocycles. The van der Waals surface area contributed by atoms with E-state index in [1.807, 2.05) is 6.08 Å². The zero-order valence-corrected chi connectivity index (χ0v) is 12.4. The van der Waals surface area contributed by atoms with Gasteiger partial charge in [0, 0.05) is 23.9 Å². The van der Waals surface area contributed by atoms with Gasteiger partial charge in [-0.05, 0) is 37.6 Å². The normalized spacial score (nSPS) is 20.1. The average molecular weight is 277 g/mol. The number of benzene rings is 1. The fourth-order valence-electron chi connectivity index (χ4n) is 2.70. The Bertz CT molecular complexity index is 474. The molecule has 2 unspecified atom stereocenters. The molecule has 0 aromatic heterocycles. The van der Waals surface area contributed by atoms with Gasteiger partial charge < -0.3 is 10.1 Å². The first kappa shape index (κ1) is 15.0. The molecule has 20 heavy (non-hydrogen) atoms. The summed E-state index contributed by atoms with van der Waals surface area (Å²) >= 11 is 0. The van der Waals surface area contributed by atoms with Crippen molar-refractivity contribution in [1.29, 1.82) is 0 Å². The smallest absolute Gasteiger partial charge is 0.123 e. The van der Waals surface area contributed by atoms with Gasteiger partial charge in [-0.1, -0.05) is 19.9 Å². The topological polar surface area (TPSA) is 21.3 Å². The maximum absolute atomic E-state index is 13.2. The van der Waals surface area contributed by atoms with E-state index in [2.05, 4.69) is 25.7 Å². The zero-order valence-electron chi connectivity index (χ0n) is 12.4. The van der Waals surface area contributed by atoms with Gasteiger partial charge in [-0.3, -0.25) is 0 Å². The van der Waals surface area contributed by atoms with Crippen LogP contribution in [0.4, 0.5) is 4.39 Å². The summed E-state index contributed by atoms with van der Waals surface area (Å²) in [5, 5.41) is 3.44. The third-order valence-corrected chi connectivity index (χ3v) is 3.91. The summed E-state index contributed by atoms with van der Waals surface area (Å²) in [7, 11) is 0. The first-order chi connectivity index (χ1) is 9.56.